The van der Waals surface area contributed by atoms with Crippen molar-refractivity contribution in [1.29, 1.82) is 0 Å². The molecule has 0 radical (unpaired) electrons. The molecule has 0 N–H and O–H groups in total. The van der Waals surface area contributed by atoms with Crippen molar-refractivity contribution in [3.8, 4) is 39.1 Å². The summed E-state index contributed by atoms with van der Waals surface area (Å²) in [6, 6.07) is 48.5. The molecule has 0 fully saturated rings. The van der Waals surface area contributed by atoms with Crippen molar-refractivity contribution in [2.75, 3.05) is 0 Å². The van der Waals surface area contributed by atoms with Gasteiger partial charge in [-0.25, -0.2) is 0 Å². The maximum absolute atomic E-state index is 6.79. The first-order valence-electron chi connectivity index (χ1n) is 15.0. The molecule has 1 aliphatic heterocycles. The zero-order chi connectivity index (χ0) is 28.3. The molecule has 43 heavy (non-hydrogen) atoms. The third-order valence-electron chi connectivity index (χ3n) is 9.21. The molecular weight excluding hydrogens is 520 g/mol. The predicted molar refractivity (Wildman–Crippen MR) is 181 cm³/mol. The van der Waals surface area contributed by atoms with Crippen LogP contribution in [0.25, 0.3) is 65.7 Å². The molecule has 2 aliphatic rings. The topological polar surface area (TPSA) is 9.23 Å². The Bertz CT molecular complexity index is 2210. The summed E-state index contributed by atoms with van der Waals surface area (Å²) < 4.78 is 6.79. The van der Waals surface area contributed by atoms with Gasteiger partial charge in [-0.2, -0.15) is 0 Å². The first-order chi connectivity index (χ1) is 21.4. The first-order valence-corrected chi connectivity index (χ1v) is 15.0. The molecule has 9 rings (SSSR count). The first kappa shape index (κ1) is 24.2. The standard InChI is InChI=1S/C42H28O/c1-2-13-28(14-3-1)30-25-26-37(41-36-22-10-11-24-38(36)43-42(30)41)40-34-20-8-6-18-32(34)39(33-19-7-9-21-35(33)40)31-23-12-16-27-15-4-5-17-29(27)31/h1-26,36,38H. The van der Waals surface area contributed by atoms with E-state index in [2.05, 4.69) is 158 Å². The lowest BCUT2D eigenvalue weighted by Crippen LogP contribution is -2.15. The number of hydrogen-bond donors (Lipinski definition) is 0. The normalized spacial score (nSPS) is 16.8. The Morgan fingerprint density at radius 3 is 1.70 bits per heavy atom. The summed E-state index contributed by atoms with van der Waals surface area (Å²) in [6.07, 6.45) is 8.78. The lowest BCUT2D eigenvalue weighted by molar-refractivity contribution is 0.270. The van der Waals surface area contributed by atoms with E-state index in [1.807, 2.05) is 0 Å². The lowest BCUT2D eigenvalue weighted by atomic mass is 9.80. The second-order valence-corrected chi connectivity index (χ2v) is 11.5. The van der Waals surface area contributed by atoms with Crippen molar-refractivity contribution in [1.82, 2.24) is 0 Å². The largest absolute Gasteiger partial charge is 0.484 e. The third kappa shape index (κ3) is 3.65. The van der Waals surface area contributed by atoms with Gasteiger partial charge in [-0.05, 0) is 66.2 Å². The van der Waals surface area contributed by atoms with Crippen LogP contribution >= 0.6 is 0 Å². The fraction of sp³-hybridized carbons (Fsp3) is 0.0476. The highest BCUT2D eigenvalue weighted by Gasteiger charge is 2.37. The molecule has 1 heterocycles. The van der Waals surface area contributed by atoms with Gasteiger partial charge in [0.25, 0.3) is 0 Å². The highest BCUT2D eigenvalue weighted by molar-refractivity contribution is 6.24. The van der Waals surface area contributed by atoms with Gasteiger partial charge in [0.05, 0.1) is 0 Å². The van der Waals surface area contributed by atoms with Gasteiger partial charge in [0.15, 0.2) is 0 Å². The van der Waals surface area contributed by atoms with Crippen LogP contribution in [0.3, 0.4) is 0 Å². The average molecular weight is 549 g/mol. The van der Waals surface area contributed by atoms with Gasteiger partial charge >= 0.3 is 0 Å². The van der Waals surface area contributed by atoms with Crippen LogP contribution < -0.4 is 4.74 Å². The van der Waals surface area contributed by atoms with Crippen molar-refractivity contribution in [3.63, 3.8) is 0 Å². The minimum atomic E-state index is -0.00361. The number of allylic oxidation sites excluding steroid dienone is 2. The minimum Gasteiger partial charge on any atom is -0.484 e. The Morgan fingerprint density at radius 1 is 0.419 bits per heavy atom. The molecule has 1 nitrogen and oxygen atoms in total. The fourth-order valence-corrected chi connectivity index (χ4v) is 7.37. The number of fused-ring (bicyclic) bond motifs is 6. The van der Waals surface area contributed by atoms with Gasteiger partial charge < -0.3 is 4.74 Å². The molecule has 1 aliphatic carbocycles. The van der Waals surface area contributed by atoms with Crippen molar-refractivity contribution >= 4 is 32.3 Å². The average Bonchev–Trinajstić information content (AvgIpc) is 3.47. The Morgan fingerprint density at radius 2 is 0.977 bits per heavy atom. The molecule has 0 amide bonds. The summed E-state index contributed by atoms with van der Waals surface area (Å²) in [6.45, 7) is 0. The van der Waals surface area contributed by atoms with Crippen LogP contribution in [0.2, 0.25) is 0 Å². The molecule has 0 spiro atoms. The van der Waals surface area contributed by atoms with E-state index in [1.54, 1.807) is 0 Å². The number of ether oxygens (including phenoxy) is 1. The van der Waals surface area contributed by atoms with Crippen molar-refractivity contribution in [2.24, 2.45) is 0 Å². The molecular formula is C42H28O. The van der Waals surface area contributed by atoms with Crippen LogP contribution in [0, 0.1) is 0 Å². The van der Waals surface area contributed by atoms with Crippen LogP contribution in [-0.2, 0) is 0 Å². The Hall–Kier alpha value is -5.40. The van der Waals surface area contributed by atoms with Crippen LogP contribution in [0.1, 0.15) is 11.5 Å². The summed E-state index contributed by atoms with van der Waals surface area (Å²) in [5.74, 6) is 1.16. The Balaban J connectivity index is 1.40. The summed E-state index contributed by atoms with van der Waals surface area (Å²) in [5, 5.41) is 7.59. The van der Waals surface area contributed by atoms with Crippen LogP contribution in [0.4, 0.5) is 0 Å². The maximum Gasteiger partial charge on any atom is 0.132 e. The molecule has 7 aromatic carbocycles. The Kier molecular flexibility index (Phi) is 5.39. The smallest absolute Gasteiger partial charge is 0.132 e. The van der Waals surface area contributed by atoms with Gasteiger partial charge in [-0.3, -0.25) is 0 Å². The van der Waals surface area contributed by atoms with Gasteiger partial charge in [-0.15, -0.1) is 0 Å². The van der Waals surface area contributed by atoms with E-state index in [-0.39, 0.29) is 12.0 Å². The summed E-state index contributed by atoms with van der Waals surface area (Å²) in [5.41, 5.74) is 8.69. The third-order valence-corrected chi connectivity index (χ3v) is 9.21. The molecule has 0 saturated heterocycles. The molecule has 2 unspecified atom stereocenters. The lowest BCUT2D eigenvalue weighted by Gasteiger charge is -2.21. The van der Waals surface area contributed by atoms with E-state index >= 15 is 0 Å². The highest BCUT2D eigenvalue weighted by atomic mass is 16.5. The molecule has 0 saturated carbocycles. The summed E-state index contributed by atoms with van der Waals surface area (Å²) >= 11 is 0. The zero-order valence-electron chi connectivity index (χ0n) is 23.6. The molecule has 202 valence electrons. The molecule has 0 bridgehead atoms. The second kappa shape index (κ2) is 9.58. The molecule has 0 aromatic heterocycles. The number of rotatable bonds is 3. The van der Waals surface area contributed by atoms with Gasteiger partial charge in [0.1, 0.15) is 11.9 Å². The predicted octanol–water partition coefficient (Wildman–Crippen LogP) is 11.1. The summed E-state index contributed by atoms with van der Waals surface area (Å²) in [4.78, 5) is 0. The van der Waals surface area contributed by atoms with Crippen LogP contribution in [0.5, 0.6) is 5.75 Å². The van der Waals surface area contributed by atoms with E-state index in [0.717, 1.165) is 11.3 Å². The Labute approximate surface area is 251 Å². The molecule has 7 aromatic rings. The number of hydrogen-bond acceptors (Lipinski definition) is 1. The van der Waals surface area contributed by atoms with Crippen molar-refractivity contribution in [3.05, 3.63) is 163 Å². The van der Waals surface area contributed by atoms with Gasteiger partial charge in [0.2, 0.25) is 0 Å². The molecule has 2 atom stereocenters. The van der Waals surface area contributed by atoms with Gasteiger partial charge in [-0.1, -0.05) is 152 Å². The van der Waals surface area contributed by atoms with E-state index in [0.29, 0.717) is 0 Å². The van der Waals surface area contributed by atoms with Crippen molar-refractivity contribution < 1.29 is 4.74 Å². The quantitative estimate of drug-likeness (QED) is 0.200. The van der Waals surface area contributed by atoms with Gasteiger partial charge in [0, 0.05) is 17.0 Å². The molecule has 1 heteroatoms. The monoisotopic (exact) mass is 548 g/mol. The van der Waals surface area contributed by atoms with E-state index in [1.165, 1.54) is 65.7 Å². The zero-order valence-corrected chi connectivity index (χ0v) is 23.6. The highest BCUT2D eigenvalue weighted by Crippen LogP contribution is 2.54. The van der Waals surface area contributed by atoms with E-state index in [9.17, 15) is 0 Å². The minimum absolute atomic E-state index is 0.00361. The summed E-state index contributed by atoms with van der Waals surface area (Å²) in [7, 11) is 0. The second-order valence-electron chi connectivity index (χ2n) is 11.5. The van der Waals surface area contributed by atoms with Crippen LogP contribution in [0.15, 0.2) is 158 Å². The van der Waals surface area contributed by atoms with Crippen LogP contribution in [-0.4, -0.2) is 6.10 Å². The van der Waals surface area contributed by atoms with E-state index in [4.69, 9.17) is 4.74 Å². The van der Waals surface area contributed by atoms with Crippen molar-refractivity contribution in [2.45, 2.75) is 12.0 Å². The number of benzene rings is 7. The van der Waals surface area contributed by atoms with E-state index < -0.39 is 0 Å². The maximum atomic E-state index is 6.79. The fourth-order valence-electron chi connectivity index (χ4n) is 7.37. The SMILES string of the molecule is C1=CC2Oc3c(-c4ccccc4)ccc(-c4c5ccccc5c(-c5cccc6ccccc56)c5ccccc45)c3C2C=C1.